The van der Waals surface area contributed by atoms with Crippen molar-refractivity contribution in [2.75, 3.05) is 7.11 Å². The molecule has 4 amide bonds. The van der Waals surface area contributed by atoms with Crippen molar-refractivity contribution in [1.82, 2.24) is 25.4 Å². The number of carboxylic acids is 1. The van der Waals surface area contributed by atoms with Crippen LogP contribution >= 0.6 is 0 Å². The van der Waals surface area contributed by atoms with Crippen LogP contribution in [0.4, 0.5) is 9.59 Å². The number of unbranched alkanes of at least 4 members (excludes halogenated alkanes) is 1. The van der Waals surface area contributed by atoms with E-state index in [0.29, 0.717) is 22.9 Å². The molecule has 13 heteroatoms. The number of piperidine rings is 1. The van der Waals surface area contributed by atoms with Crippen LogP contribution < -0.4 is 50.6 Å². The van der Waals surface area contributed by atoms with E-state index in [1.165, 1.54) is 11.7 Å². The number of ether oxygens (including phenoxy) is 1. The van der Waals surface area contributed by atoms with E-state index >= 15 is 0 Å². The number of carbonyl (C=O) groups excluding carboxylic acids is 5. The number of likely N-dealkylation sites (tertiary alicyclic amines) is 1. The van der Waals surface area contributed by atoms with E-state index in [2.05, 4.69) is 16.0 Å². The van der Waals surface area contributed by atoms with Gasteiger partial charge < -0.3 is 35.5 Å². The van der Waals surface area contributed by atoms with E-state index in [4.69, 9.17) is 4.74 Å². The van der Waals surface area contributed by atoms with Crippen molar-refractivity contribution < 1.29 is 63.4 Å². The second-order valence-corrected chi connectivity index (χ2v) is 13.6. The summed E-state index contributed by atoms with van der Waals surface area (Å²) in [4.78, 5) is 67.5. The van der Waals surface area contributed by atoms with E-state index in [-0.39, 0.29) is 72.3 Å². The quantitative estimate of drug-likeness (QED) is 0.279. The number of para-hydroxylation sites is 1. The van der Waals surface area contributed by atoms with Gasteiger partial charge in [-0.3, -0.25) is 14.2 Å². The molecule has 1 aromatic carbocycles. The molecule has 0 bridgehead atoms. The number of amides is 4. The smallest absolute Gasteiger partial charge is 0.548 e. The van der Waals surface area contributed by atoms with Gasteiger partial charge in [-0.2, -0.15) is 0 Å². The van der Waals surface area contributed by atoms with Gasteiger partial charge >= 0.3 is 41.7 Å². The van der Waals surface area contributed by atoms with Gasteiger partial charge in [0.15, 0.2) is 0 Å². The largest absolute Gasteiger partial charge is 1.00 e. The minimum atomic E-state index is -1.42. The summed E-state index contributed by atoms with van der Waals surface area (Å²) in [6, 6.07) is 3.29. The molecule has 0 saturated carbocycles. The van der Waals surface area contributed by atoms with Gasteiger partial charge in [-0.15, -0.1) is 0 Å². The molecule has 47 heavy (non-hydrogen) atoms. The Bertz CT molecular complexity index is 1390. The normalized spacial score (nSPS) is 18.3. The molecule has 254 valence electrons. The maximum absolute atomic E-state index is 14.0. The number of nitrogens with zero attached hydrogens (tertiary/aromatic N) is 2. The Balaban J connectivity index is 0.00000768. The number of carbonyl (C=O) groups is 5. The third kappa shape index (κ3) is 11.0. The fraction of sp³-hybridized carbons (Fsp3) is 0.618. The second-order valence-electron chi connectivity index (χ2n) is 13.6. The zero-order valence-electron chi connectivity index (χ0n) is 29.2. The van der Waals surface area contributed by atoms with E-state index in [1.807, 2.05) is 41.5 Å². The molecule has 12 nitrogen and oxygen atoms in total. The number of aliphatic carboxylic acids is 1. The number of fused-ring (bicyclic) bond motifs is 1. The van der Waals surface area contributed by atoms with Gasteiger partial charge in [-0.05, 0) is 63.0 Å². The first-order valence-electron chi connectivity index (χ1n) is 16.2. The van der Waals surface area contributed by atoms with Crippen LogP contribution in [0.1, 0.15) is 92.1 Å². The Morgan fingerprint density at radius 1 is 0.957 bits per heavy atom. The van der Waals surface area contributed by atoms with Gasteiger partial charge in [0.1, 0.15) is 12.1 Å². The van der Waals surface area contributed by atoms with Gasteiger partial charge in [0.25, 0.3) is 0 Å². The Hall–Kier alpha value is -3.09. The first kappa shape index (κ1) is 40.1. The SMILES string of the molecule is CCCC[C@@H](NC(=O)[C@@H](Cc1cn(C(=O)OC)c2ccccc12)NC(=O)[C@H](CC(C)(C)C)NC(=O)N1C(C)CCCC1C)C(=O)[O-].[Na+]. The fourth-order valence-corrected chi connectivity index (χ4v) is 6.16. The van der Waals surface area contributed by atoms with Crippen LogP contribution in [0.25, 0.3) is 10.9 Å². The molecule has 1 fully saturated rings. The monoisotopic (exact) mass is 663 g/mol. The summed E-state index contributed by atoms with van der Waals surface area (Å²) >= 11 is 0. The zero-order chi connectivity index (χ0) is 34.2. The predicted octanol–water partition coefficient (Wildman–Crippen LogP) is 0.489. The van der Waals surface area contributed by atoms with E-state index in [0.717, 1.165) is 25.7 Å². The number of urea groups is 1. The van der Waals surface area contributed by atoms with Gasteiger partial charge in [-0.1, -0.05) is 58.7 Å². The third-order valence-electron chi connectivity index (χ3n) is 8.53. The average molecular weight is 664 g/mol. The zero-order valence-corrected chi connectivity index (χ0v) is 31.2. The van der Waals surface area contributed by atoms with Crippen LogP contribution in [0.5, 0.6) is 0 Å². The van der Waals surface area contributed by atoms with E-state index in [1.54, 1.807) is 35.4 Å². The minimum absolute atomic E-state index is 0. The summed E-state index contributed by atoms with van der Waals surface area (Å²) in [5.41, 5.74) is 0.751. The maximum Gasteiger partial charge on any atom is 1.00 e. The summed E-state index contributed by atoms with van der Waals surface area (Å²) in [5.74, 6) is -2.71. The van der Waals surface area contributed by atoms with Crippen molar-refractivity contribution in [2.24, 2.45) is 5.41 Å². The first-order valence-corrected chi connectivity index (χ1v) is 16.2. The van der Waals surface area contributed by atoms with Crippen molar-refractivity contribution in [2.45, 2.75) is 123 Å². The molecule has 1 saturated heterocycles. The number of carboxylic acid groups (broad SMARTS) is 1. The third-order valence-corrected chi connectivity index (χ3v) is 8.53. The Labute approximate surface area is 300 Å². The van der Waals surface area contributed by atoms with Crippen LogP contribution in [0.3, 0.4) is 0 Å². The van der Waals surface area contributed by atoms with Crippen LogP contribution in [0.15, 0.2) is 30.5 Å². The minimum Gasteiger partial charge on any atom is -0.548 e. The Kier molecular flexibility index (Phi) is 15.3. The van der Waals surface area contributed by atoms with Gasteiger partial charge in [0.2, 0.25) is 11.8 Å². The molecule has 2 aromatic rings. The molecule has 1 aliphatic rings. The second kappa shape index (κ2) is 17.9. The number of benzene rings is 1. The van der Waals surface area contributed by atoms with Gasteiger partial charge in [0, 0.05) is 30.1 Å². The summed E-state index contributed by atoms with van der Waals surface area (Å²) in [6.07, 6.45) is 5.34. The van der Waals surface area contributed by atoms with Gasteiger partial charge in [0.05, 0.1) is 24.6 Å². The standard InChI is InChI=1S/C34H51N5O7.Na/c1-8-9-16-25(31(42)43)35-29(40)26(18-23-20-38(33(45)46-7)28-17-11-10-15-24(23)28)36-30(41)27(19-34(4,5)6)37-32(44)39-21(2)13-12-14-22(39)3;/h10-11,15,17,20-22,25-27H,8-9,12-14,16,18-19H2,1-7H3,(H,35,40)(H,36,41)(H,37,44)(H,42,43);/q;+1/p-1/t21?,22?,25-,26-,27+;/m1./s1. The maximum atomic E-state index is 14.0. The van der Waals surface area contributed by atoms with E-state index < -0.39 is 42.0 Å². The molecule has 0 spiro atoms. The molecule has 0 radical (unpaired) electrons. The molecule has 0 aliphatic carbocycles. The Morgan fingerprint density at radius 3 is 2.13 bits per heavy atom. The molecule has 2 unspecified atom stereocenters. The number of hydrogen-bond donors (Lipinski definition) is 3. The molecular weight excluding hydrogens is 613 g/mol. The topological polar surface area (TPSA) is 162 Å². The van der Waals surface area contributed by atoms with Crippen molar-refractivity contribution in [3.8, 4) is 0 Å². The molecule has 1 aromatic heterocycles. The van der Waals surface area contributed by atoms with Crippen LogP contribution in [-0.2, 0) is 25.5 Å². The predicted molar refractivity (Wildman–Crippen MR) is 173 cm³/mol. The molecule has 3 N–H and O–H groups in total. The number of methoxy groups -OCH3 is 1. The fourth-order valence-electron chi connectivity index (χ4n) is 6.16. The molecule has 3 rings (SSSR count). The number of nitrogens with one attached hydrogen (secondary N) is 3. The molecular formula is C34H50N5NaO7. The summed E-state index contributed by atoms with van der Waals surface area (Å²) in [7, 11) is 1.26. The average Bonchev–Trinajstić information content (AvgIpc) is 3.35. The van der Waals surface area contributed by atoms with Crippen LogP contribution in [0.2, 0.25) is 0 Å². The van der Waals surface area contributed by atoms with Crippen molar-refractivity contribution in [1.29, 1.82) is 0 Å². The Morgan fingerprint density at radius 2 is 1.55 bits per heavy atom. The summed E-state index contributed by atoms with van der Waals surface area (Å²) in [6.45, 7) is 11.8. The van der Waals surface area contributed by atoms with Crippen molar-refractivity contribution in [3.05, 3.63) is 36.0 Å². The number of rotatable bonds is 12. The van der Waals surface area contributed by atoms with Crippen LogP contribution in [-0.4, -0.2) is 76.7 Å². The summed E-state index contributed by atoms with van der Waals surface area (Å²) < 4.78 is 6.25. The number of aromatic nitrogens is 1. The van der Waals surface area contributed by atoms with Crippen molar-refractivity contribution >= 4 is 40.8 Å². The first-order chi connectivity index (χ1) is 21.7. The van der Waals surface area contributed by atoms with Crippen molar-refractivity contribution in [3.63, 3.8) is 0 Å². The summed E-state index contributed by atoms with van der Waals surface area (Å²) in [5, 5.41) is 20.9. The number of hydrogen-bond acceptors (Lipinski definition) is 7. The van der Waals surface area contributed by atoms with Gasteiger partial charge in [-0.25, -0.2) is 9.59 Å². The van der Waals surface area contributed by atoms with E-state index in [9.17, 15) is 29.1 Å². The van der Waals surface area contributed by atoms with Crippen LogP contribution in [0, 0.1) is 5.41 Å². The molecule has 2 heterocycles. The molecule has 5 atom stereocenters. The molecule has 1 aliphatic heterocycles.